The Balaban J connectivity index is 0.000000613. The molecule has 5 heteroatoms. The van der Waals surface area contributed by atoms with Crippen molar-refractivity contribution in [3.63, 3.8) is 0 Å². The molecule has 1 aromatic heterocycles. The van der Waals surface area contributed by atoms with Crippen LogP contribution in [0.2, 0.25) is 0 Å². The van der Waals surface area contributed by atoms with E-state index in [0.717, 1.165) is 48.6 Å². The molecule has 26 heavy (non-hydrogen) atoms. The predicted molar refractivity (Wildman–Crippen MR) is 99.7 cm³/mol. The number of ether oxygens (including phenoxy) is 2. The molecule has 1 fully saturated rings. The molecule has 1 aliphatic heterocycles. The fraction of sp³-hybridized carbons (Fsp3) is 0.524. The highest BCUT2D eigenvalue weighted by atomic mass is 19.1. The molecule has 0 unspecified atom stereocenters. The van der Waals surface area contributed by atoms with Crippen molar-refractivity contribution in [2.45, 2.75) is 50.6 Å². The molecule has 4 rings (SSSR count). The molecule has 0 N–H and O–H groups in total. The SMILES string of the molecule is COC.O=C(c1ccc2nc3c(cc2c1)CCCO3)C1(F)CCCCC1. The van der Waals surface area contributed by atoms with E-state index in [0.29, 0.717) is 30.9 Å². The van der Waals surface area contributed by atoms with Crippen molar-refractivity contribution in [1.82, 2.24) is 4.98 Å². The molecular formula is C21H26FNO3. The number of Topliss-reactive ketones (excluding diaryl/α,β-unsaturated/α-hetero) is 1. The van der Waals surface area contributed by atoms with Crippen molar-refractivity contribution in [3.8, 4) is 5.88 Å². The fourth-order valence-corrected chi connectivity index (χ4v) is 3.68. The predicted octanol–water partition coefficient (Wildman–Crippen LogP) is 4.68. The summed E-state index contributed by atoms with van der Waals surface area (Å²) in [5.74, 6) is 0.324. The third-order valence-corrected chi connectivity index (χ3v) is 5.00. The van der Waals surface area contributed by atoms with Gasteiger partial charge in [0.1, 0.15) is 0 Å². The summed E-state index contributed by atoms with van der Waals surface area (Å²) >= 11 is 0. The molecule has 1 aliphatic carbocycles. The number of nitrogens with zero attached hydrogens (tertiary/aromatic N) is 1. The average molecular weight is 359 g/mol. The Bertz CT molecular complexity index is 784. The number of methoxy groups -OCH3 is 1. The van der Waals surface area contributed by atoms with Gasteiger partial charge in [-0.05, 0) is 62.8 Å². The number of aromatic nitrogens is 1. The maximum Gasteiger partial charge on any atom is 0.217 e. The van der Waals surface area contributed by atoms with Crippen molar-refractivity contribution >= 4 is 16.7 Å². The fourth-order valence-electron chi connectivity index (χ4n) is 3.68. The van der Waals surface area contributed by atoms with Gasteiger partial charge in [-0.15, -0.1) is 0 Å². The first-order valence-corrected chi connectivity index (χ1v) is 9.28. The maximum atomic E-state index is 14.9. The summed E-state index contributed by atoms with van der Waals surface area (Å²) in [7, 11) is 3.25. The topological polar surface area (TPSA) is 48.4 Å². The molecule has 0 bridgehead atoms. The highest BCUT2D eigenvalue weighted by molar-refractivity contribution is 6.04. The lowest BCUT2D eigenvalue weighted by molar-refractivity contribution is 0.0570. The number of benzene rings is 1. The van der Waals surface area contributed by atoms with Gasteiger partial charge < -0.3 is 9.47 Å². The number of hydrogen-bond acceptors (Lipinski definition) is 4. The molecule has 1 aromatic carbocycles. The van der Waals surface area contributed by atoms with Crippen molar-refractivity contribution in [2.75, 3.05) is 20.8 Å². The van der Waals surface area contributed by atoms with Crippen molar-refractivity contribution < 1.29 is 18.7 Å². The standard InChI is InChI=1S/C19H20FNO2.C2H6O/c20-19(8-2-1-3-9-19)17(22)13-6-7-16-15(11-13)12-14-5-4-10-23-18(14)21-16;1-3-2/h6-7,11-12H,1-5,8-10H2;1-2H3. The second-order valence-electron chi connectivity index (χ2n) is 7.08. The van der Waals surface area contributed by atoms with Gasteiger partial charge in [0.25, 0.3) is 0 Å². The van der Waals surface area contributed by atoms with Crippen LogP contribution < -0.4 is 4.74 Å². The van der Waals surface area contributed by atoms with Crippen LogP contribution in [0.1, 0.15) is 54.4 Å². The normalized spacial score (nSPS) is 18.3. The zero-order chi connectivity index (χ0) is 18.6. The number of alkyl halides is 1. The van der Waals surface area contributed by atoms with E-state index in [-0.39, 0.29) is 5.78 Å². The quantitative estimate of drug-likeness (QED) is 0.731. The zero-order valence-corrected chi connectivity index (χ0v) is 15.5. The average Bonchev–Trinajstić information content (AvgIpc) is 2.66. The van der Waals surface area contributed by atoms with Gasteiger partial charge >= 0.3 is 0 Å². The van der Waals surface area contributed by atoms with Gasteiger partial charge in [0.05, 0.1) is 12.1 Å². The molecule has 0 spiro atoms. The van der Waals surface area contributed by atoms with Gasteiger partial charge in [0.2, 0.25) is 5.88 Å². The van der Waals surface area contributed by atoms with E-state index < -0.39 is 5.67 Å². The van der Waals surface area contributed by atoms with E-state index in [1.54, 1.807) is 32.4 Å². The first-order chi connectivity index (χ1) is 12.6. The summed E-state index contributed by atoms with van der Waals surface area (Å²) < 4.78 is 24.8. The van der Waals surface area contributed by atoms with Gasteiger partial charge in [-0.2, -0.15) is 0 Å². The third kappa shape index (κ3) is 3.88. The summed E-state index contributed by atoms with van der Waals surface area (Å²) in [6.07, 6.45) is 5.22. The van der Waals surface area contributed by atoms with Crippen LogP contribution in [0.25, 0.3) is 10.9 Å². The molecule has 4 nitrogen and oxygen atoms in total. The molecule has 0 saturated heterocycles. The van der Waals surface area contributed by atoms with E-state index in [1.807, 2.05) is 6.07 Å². The number of hydrogen-bond donors (Lipinski definition) is 0. The largest absolute Gasteiger partial charge is 0.477 e. The van der Waals surface area contributed by atoms with E-state index in [9.17, 15) is 9.18 Å². The van der Waals surface area contributed by atoms with Gasteiger partial charge in [-0.3, -0.25) is 4.79 Å². The van der Waals surface area contributed by atoms with E-state index in [2.05, 4.69) is 9.72 Å². The summed E-state index contributed by atoms with van der Waals surface area (Å²) in [6, 6.07) is 7.31. The number of aryl methyl sites for hydroxylation is 1. The van der Waals surface area contributed by atoms with Gasteiger partial charge in [0.15, 0.2) is 11.5 Å². The minimum atomic E-state index is -1.68. The van der Waals surface area contributed by atoms with E-state index in [1.165, 1.54) is 0 Å². The molecule has 0 amide bonds. The summed E-state index contributed by atoms with van der Waals surface area (Å²) in [6.45, 7) is 0.701. The molecule has 0 atom stereocenters. The Labute approximate surface area is 153 Å². The second kappa shape index (κ2) is 8.12. The number of ketones is 1. The first-order valence-electron chi connectivity index (χ1n) is 9.28. The first kappa shape index (κ1) is 18.8. The van der Waals surface area contributed by atoms with Crippen LogP contribution in [-0.2, 0) is 11.2 Å². The van der Waals surface area contributed by atoms with Gasteiger partial charge in [0, 0.05) is 30.7 Å². The summed E-state index contributed by atoms with van der Waals surface area (Å²) in [4.78, 5) is 17.2. The highest BCUT2D eigenvalue weighted by Gasteiger charge is 2.39. The molecule has 2 heterocycles. The van der Waals surface area contributed by atoms with Gasteiger partial charge in [-0.1, -0.05) is 6.42 Å². The Kier molecular flexibility index (Phi) is 5.87. The Morgan fingerprint density at radius 3 is 2.62 bits per heavy atom. The van der Waals surface area contributed by atoms with Crippen LogP contribution in [0, 0.1) is 0 Å². The van der Waals surface area contributed by atoms with E-state index >= 15 is 0 Å². The number of carbonyl (C=O) groups is 1. The lowest BCUT2D eigenvalue weighted by Gasteiger charge is -2.28. The number of rotatable bonds is 2. The van der Waals surface area contributed by atoms with Crippen LogP contribution in [0.4, 0.5) is 4.39 Å². The van der Waals surface area contributed by atoms with Crippen LogP contribution in [-0.4, -0.2) is 37.3 Å². The van der Waals surface area contributed by atoms with Crippen LogP contribution >= 0.6 is 0 Å². The Hall–Kier alpha value is -2.01. The smallest absolute Gasteiger partial charge is 0.217 e. The highest BCUT2D eigenvalue weighted by Crippen LogP contribution is 2.35. The Morgan fingerprint density at radius 1 is 1.15 bits per heavy atom. The van der Waals surface area contributed by atoms with E-state index in [4.69, 9.17) is 4.74 Å². The van der Waals surface area contributed by atoms with Crippen molar-refractivity contribution in [2.24, 2.45) is 0 Å². The Morgan fingerprint density at radius 2 is 1.88 bits per heavy atom. The molecule has 1 saturated carbocycles. The number of carbonyl (C=O) groups excluding carboxylic acids is 1. The van der Waals surface area contributed by atoms with Crippen molar-refractivity contribution in [3.05, 3.63) is 35.4 Å². The third-order valence-electron chi connectivity index (χ3n) is 5.00. The number of fused-ring (bicyclic) bond motifs is 2. The molecule has 2 aliphatic rings. The minimum Gasteiger partial charge on any atom is -0.477 e. The zero-order valence-electron chi connectivity index (χ0n) is 15.5. The van der Waals surface area contributed by atoms with Crippen molar-refractivity contribution in [1.29, 1.82) is 0 Å². The lowest BCUT2D eigenvalue weighted by atomic mass is 9.81. The summed E-state index contributed by atoms with van der Waals surface area (Å²) in [5.41, 5.74) is 0.636. The molecule has 140 valence electrons. The van der Waals surface area contributed by atoms with Gasteiger partial charge in [-0.25, -0.2) is 9.37 Å². The maximum absolute atomic E-state index is 14.9. The molecule has 2 aromatic rings. The van der Waals surface area contributed by atoms with Crippen LogP contribution in [0.5, 0.6) is 5.88 Å². The number of pyridine rings is 1. The second-order valence-corrected chi connectivity index (χ2v) is 7.08. The molecular weight excluding hydrogens is 333 g/mol. The lowest BCUT2D eigenvalue weighted by Crippen LogP contribution is -2.36. The minimum absolute atomic E-state index is 0.347. The summed E-state index contributed by atoms with van der Waals surface area (Å²) in [5, 5.41) is 0.888. The van der Waals surface area contributed by atoms with Crippen LogP contribution in [0.15, 0.2) is 24.3 Å². The van der Waals surface area contributed by atoms with Crippen LogP contribution in [0.3, 0.4) is 0 Å². The molecule has 0 radical (unpaired) electrons. The monoisotopic (exact) mass is 359 g/mol. The number of halogens is 1.